The molecule has 23 heavy (non-hydrogen) atoms. The normalized spacial score (nSPS) is 11.9. The van der Waals surface area contributed by atoms with Crippen LogP contribution in [0, 0.1) is 5.92 Å². The zero-order valence-corrected chi connectivity index (χ0v) is 14.2. The molecular formula is C15H18Cl2N2O4. The molecule has 1 aromatic rings. The first-order valence-electron chi connectivity index (χ1n) is 6.96. The predicted octanol–water partition coefficient (Wildman–Crippen LogP) is 2.34. The predicted molar refractivity (Wildman–Crippen MR) is 87.8 cm³/mol. The first-order chi connectivity index (χ1) is 10.7. The van der Waals surface area contributed by atoms with E-state index in [1.165, 1.54) is 18.2 Å². The number of carboxylic acid groups (broad SMARTS) is 1. The average molecular weight is 361 g/mol. The molecule has 0 radical (unpaired) electrons. The summed E-state index contributed by atoms with van der Waals surface area (Å²) in [5.41, 5.74) is 0.143. The maximum Gasteiger partial charge on any atom is 0.326 e. The van der Waals surface area contributed by atoms with Crippen LogP contribution < -0.4 is 10.6 Å². The van der Waals surface area contributed by atoms with E-state index in [0.717, 1.165) is 0 Å². The van der Waals surface area contributed by atoms with Crippen LogP contribution >= 0.6 is 23.2 Å². The molecule has 0 aliphatic carbocycles. The highest BCUT2D eigenvalue weighted by molar-refractivity contribution is 6.35. The molecule has 0 heterocycles. The van der Waals surface area contributed by atoms with Crippen molar-refractivity contribution < 1.29 is 19.5 Å². The lowest BCUT2D eigenvalue weighted by atomic mass is 10.0. The van der Waals surface area contributed by atoms with Crippen LogP contribution in [-0.2, 0) is 9.59 Å². The van der Waals surface area contributed by atoms with Gasteiger partial charge in [-0.15, -0.1) is 0 Å². The third-order valence-corrected chi connectivity index (χ3v) is 3.49. The minimum absolute atomic E-state index is 0.108. The fourth-order valence-corrected chi connectivity index (χ4v) is 2.24. The quantitative estimate of drug-likeness (QED) is 0.695. The highest BCUT2D eigenvalue weighted by Gasteiger charge is 2.21. The van der Waals surface area contributed by atoms with Crippen molar-refractivity contribution in [3.8, 4) is 0 Å². The van der Waals surface area contributed by atoms with E-state index in [-0.39, 0.29) is 23.0 Å². The first kappa shape index (κ1) is 19.3. The van der Waals surface area contributed by atoms with Crippen molar-refractivity contribution in [1.82, 2.24) is 10.6 Å². The van der Waals surface area contributed by atoms with Gasteiger partial charge in [0.15, 0.2) is 0 Å². The zero-order chi connectivity index (χ0) is 17.6. The molecular weight excluding hydrogens is 343 g/mol. The maximum absolute atomic E-state index is 12.0. The lowest BCUT2D eigenvalue weighted by Crippen LogP contribution is -2.46. The smallest absolute Gasteiger partial charge is 0.326 e. The maximum atomic E-state index is 12.0. The van der Waals surface area contributed by atoms with E-state index < -0.39 is 23.8 Å². The van der Waals surface area contributed by atoms with Gasteiger partial charge in [0, 0.05) is 5.02 Å². The molecule has 0 fully saturated rings. The molecule has 0 saturated carbocycles. The molecule has 0 bridgehead atoms. The number of amides is 2. The summed E-state index contributed by atoms with van der Waals surface area (Å²) in [4.78, 5) is 34.8. The van der Waals surface area contributed by atoms with Crippen LogP contribution in [0.1, 0.15) is 30.6 Å². The minimum Gasteiger partial charge on any atom is -0.480 e. The summed E-state index contributed by atoms with van der Waals surface area (Å²) in [6, 6.07) is 3.41. The highest BCUT2D eigenvalue weighted by atomic mass is 35.5. The number of halogens is 2. The summed E-state index contributed by atoms with van der Waals surface area (Å²) in [5, 5.41) is 14.3. The SMILES string of the molecule is CC(C)CC(NC(=O)CNC(=O)c1cc(Cl)ccc1Cl)C(=O)O. The summed E-state index contributed by atoms with van der Waals surface area (Å²) in [7, 11) is 0. The highest BCUT2D eigenvalue weighted by Crippen LogP contribution is 2.20. The number of carboxylic acids is 1. The van der Waals surface area contributed by atoms with Gasteiger partial charge in [0.1, 0.15) is 6.04 Å². The fourth-order valence-electron chi connectivity index (χ4n) is 1.87. The molecule has 6 nitrogen and oxygen atoms in total. The van der Waals surface area contributed by atoms with Gasteiger partial charge in [0.2, 0.25) is 5.91 Å². The number of hydrogen-bond acceptors (Lipinski definition) is 3. The fraction of sp³-hybridized carbons (Fsp3) is 0.400. The van der Waals surface area contributed by atoms with E-state index in [0.29, 0.717) is 11.4 Å². The molecule has 126 valence electrons. The number of hydrogen-bond donors (Lipinski definition) is 3. The second-order valence-electron chi connectivity index (χ2n) is 5.39. The van der Waals surface area contributed by atoms with Crippen molar-refractivity contribution in [1.29, 1.82) is 0 Å². The number of benzene rings is 1. The van der Waals surface area contributed by atoms with Gasteiger partial charge in [-0.25, -0.2) is 4.79 Å². The lowest BCUT2D eigenvalue weighted by molar-refractivity contribution is -0.142. The molecule has 8 heteroatoms. The van der Waals surface area contributed by atoms with Gasteiger partial charge in [-0.1, -0.05) is 37.0 Å². The molecule has 3 N–H and O–H groups in total. The topological polar surface area (TPSA) is 95.5 Å². The Morgan fingerprint density at radius 3 is 2.43 bits per heavy atom. The van der Waals surface area contributed by atoms with Crippen molar-refractivity contribution in [2.45, 2.75) is 26.3 Å². The van der Waals surface area contributed by atoms with Crippen molar-refractivity contribution in [3.63, 3.8) is 0 Å². The summed E-state index contributed by atoms with van der Waals surface area (Å²) in [6.07, 6.45) is 0.301. The van der Waals surface area contributed by atoms with Gasteiger partial charge in [-0.2, -0.15) is 0 Å². The van der Waals surface area contributed by atoms with E-state index in [1.807, 2.05) is 13.8 Å². The van der Waals surface area contributed by atoms with Gasteiger partial charge in [-0.05, 0) is 30.5 Å². The third-order valence-electron chi connectivity index (χ3n) is 2.92. The Morgan fingerprint density at radius 2 is 1.87 bits per heavy atom. The van der Waals surface area contributed by atoms with Crippen molar-refractivity contribution in [3.05, 3.63) is 33.8 Å². The number of rotatable bonds is 7. The van der Waals surface area contributed by atoms with Gasteiger partial charge in [0.25, 0.3) is 5.91 Å². The van der Waals surface area contributed by atoms with Crippen LogP contribution in [0.15, 0.2) is 18.2 Å². The van der Waals surface area contributed by atoms with E-state index in [2.05, 4.69) is 10.6 Å². The molecule has 1 unspecified atom stereocenters. The number of nitrogens with one attached hydrogen (secondary N) is 2. The third kappa shape index (κ3) is 6.46. The Kier molecular flexibility index (Phi) is 7.32. The first-order valence-corrected chi connectivity index (χ1v) is 7.71. The molecule has 0 aromatic heterocycles. The van der Waals surface area contributed by atoms with Crippen LogP contribution in [0.5, 0.6) is 0 Å². The van der Waals surface area contributed by atoms with Crippen LogP contribution in [0.2, 0.25) is 10.0 Å². The average Bonchev–Trinajstić information content (AvgIpc) is 2.46. The van der Waals surface area contributed by atoms with Gasteiger partial charge >= 0.3 is 5.97 Å². The summed E-state index contributed by atoms with van der Waals surface area (Å²) in [5.74, 6) is -2.17. The van der Waals surface area contributed by atoms with E-state index in [4.69, 9.17) is 28.3 Å². The Labute approximate surface area is 144 Å². The van der Waals surface area contributed by atoms with Gasteiger partial charge in [0.05, 0.1) is 17.1 Å². The largest absolute Gasteiger partial charge is 0.480 e. The summed E-state index contributed by atoms with van der Waals surface area (Å²) >= 11 is 11.7. The monoisotopic (exact) mass is 360 g/mol. The zero-order valence-electron chi connectivity index (χ0n) is 12.7. The Hall–Kier alpha value is -1.79. The summed E-state index contributed by atoms with van der Waals surface area (Å²) < 4.78 is 0. The minimum atomic E-state index is -1.11. The van der Waals surface area contributed by atoms with Crippen LogP contribution in [-0.4, -0.2) is 35.5 Å². The van der Waals surface area contributed by atoms with E-state index in [1.54, 1.807) is 0 Å². The number of carbonyl (C=O) groups excluding carboxylic acids is 2. The van der Waals surface area contributed by atoms with Crippen molar-refractivity contribution >= 4 is 41.0 Å². The molecule has 1 rings (SSSR count). The molecule has 0 aliphatic heterocycles. The Bertz CT molecular complexity index is 605. The van der Waals surface area contributed by atoms with Crippen LogP contribution in [0.3, 0.4) is 0 Å². The second kappa shape index (κ2) is 8.74. The van der Waals surface area contributed by atoms with Crippen molar-refractivity contribution in [2.75, 3.05) is 6.54 Å². The molecule has 1 aromatic carbocycles. The summed E-state index contributed by atoms with van der Waals surface area (Å²) in [6.45, 7) is 3.35. The number of aliphatic carboxylic acids is 1. The van der Waals surface area contributed by atoms with Crippen LogP contribution in [0.25, 0.3) is 0 Å². The van der Waals surface area contributed by atoms with Gasteiger partial charge < -0.3 is 15.7 Å². The molecule has 1 atom stereocenters. The van der Waals surface area contributed by atoms with Crippen molar-refractivity contribution in [2.24, 2.45) is 5.92 Å². The Morgan fingerprint density at radius 1 is 1.22 bits per heavy atom. The second-order valence-corrected chi connectivity index (χ2v) is 6.24. The van der Waals surface area contributed by atoms with Gasteiger partial charge in [-0.3, -0.25) is 9.59 Å². The molecule has 0 spiro atoms. The van der Waals surface area contributed by atoms with E-state index >= 15 is 0 Å². The van der Waals surface area contributed by atoms with E-state index in [9.17, 15) is 14.4 Å². The van der Waals surface area contributed by atoms with Crippen LogP contribution in [0.4, 0.5) is 0 Å². The standard InChI is InChI=1S/C15H18Cl2N2O4/c1-8(2)5-12(15(22)23)19-13(20)7-18-14(21)10-6-9(16)3-4-11(10)17/h3-4,6,8,12H,5,7H2,1-2H3,(H,18,21)(H,19,20)(H,22,23). The lowest BCUT2D eigenvalue weighted by Gasteiger charge is -2.16. The molecule has 2 amide bonds. The number of carbonyl (C=O) groups is 3. The Balaban J connectivity index is 2.59. The molecule has 0 saturated heterocycles. The molecule has 0 aliphatic rings.